The van der Waals surface area contributed by atoms with Crippen molar-refractivity contribution >= 4 is 45.7 Å². The van der Waals surface area contributed by atoms with E-state index in [0.717, 1.165) is 34.3 Å². The SMILES string of the molecule is C.CC(C)(C)C1Cc2cc(NC(=O)C3(c4ccc5c(c4)OC(F)(F)O5)CC3)ccc2N1CCC#N.CC(C)(C)c1cc2cc(NC(=O)C3(c4ccc5c(c4)OC(F)(F)O5)CC3)ccc2n1CCC(=O)O. The summed E-state index contributed by atoms with van der Waals surface area (Å²) in [6.07, 6.45) is -3.63. The lowest BCUT2D eigenvalue weighted by atomic mass is 9.84. The summed E-state index contributed by atoms with van der Waals surface area (Å²) in [5.74, 6) is -1.46. The normalized spacial score (nSPS) is 18.9. The molecule has 1 unspecified atom stereocenters. The second-order valence-corrected chi connectivity index (χ2v) is 20.6. The van der Waals surface area contributed by atoms with Gasteiger partial charge in [0.1, 0.15) is 0 Å². The smallest absolute Gasteiger partial charge is 0.481 e. The van der Waals surface area contributed by atoms with Crippen molar-refractivity contribution in [1.82, 2.24) is 4.57 Å². The first-order valence-corrected chi connectivity index (χ1v) is 23.0. The number of amides is 2. The molecule has 2 saturated carbocycles. The number of nitrogens with one attached hydrogen (secondary N) is 2. The van der Waals surface area contributed by atoms with E-state index in [4.69, 9.17) is 10.4 Å². The number of ether oxygens (including phenoxy) is 4. The average Bonchev–Trinajstić information content (AvgIpc) is 4.12. The Morgan fingerprint density at radius 2 is 1.23 bits per heavy atom. The van der Waals surface area contributed by atoms with Gasteiger partial charge in [0.15, 0.2) is 23.0 Å². The Hall–Kier alpha value is -6.96. The fourth-order valence-corrected chi connectivity index (χ4v) is 9.77. The zero-order chi connectivity index (χ0) is 49.5. The van der Waals surface area contributed by atoms with E-state index in [2.05, 4.69) is 82.1 Å². The Morgan fingerprint density at radius 3 is 1.71 bits per heavy atom. The van der Waals surface area contributed by atoms with Crippen molar-refractivity contribution < 1.29 is 56.0 Å². The second kappa shape index (κ2) is 17.5. The predicted molar refractivity (Wildman–Crippen MR) is 255 cm³/mol. The van der Waals surface area contributed by atoms with Crippen molar-refractivity contribution in [2.75, 3.05) is 22.1 Å². The average molecular weight is 968 g/mol. The molecule has 0 bridgehead atoms. The number of aliphatic carboxylic acids is 1. The first-order chi connectivity index (χ1) is 32.4. The van der Waals surface area contributed by atoms with Crippen LogP contribution >= 0.6 is 0 Å². The molecule has 10 rings (SSSR count). The number of nitriles is 1. The third-order valence-electron chi connectivity index (χ3n) is 13.7. The van der Waals surface area contributed by atoms with Crippen LogP contribution in [0.5, 0.6) is 23.0 Å². The number of carbonyl (C=O) groups is 3. The molecule has 3 aliphatic heterocycles. The number of aryl methyl sites for hydroxylation is 1. The van der Waals surface area contributed by atoms with Crippen LogP contribution in [0.25, 0.3) is 10.9 Å². The van der Waals surface area contributed by atoms with Crippen LogP contribution in [0.4, 0.5) is 34.6 Å². The Balaban J connectivity index is 0.000000186. The van der Waals surface area contributed by atoms with E-state index in [1.165, 1.54) is 24.3 Å². The Labute approximate surface area is 403 Å². The Kier molecular flexibility index (Phi) is 12.3. The fourth-order valence-electron chi connectivity index (χ4n) is 9.77. The van der Waals surface area contributed by atoms with Gasteiger partial charge < -0.3 is 44.2 Å². The van der Waals surface area contributed by atoms with Gasteiger partial charge in [-0.15, -0.1) is 17.6 Å². The third kappa shape index (κ3) is 9.52. The number of carbonyl (C=O) groups excluding carboxylic acids is 2. The number of halogens is 4. The predicted octanol–water partition coefficient (Wildman–Crippen LogP) is 11.4. The maximum absolute atomic E-state index is 13.4. The number of carboxylic acid groups (broad SMARTS) is 1. The lowest BCUT2D eigenvalue weighted by Crippen LogP contribution is -2.42. The molecule has 5 aliphatic rings. The van der Waals surface area contributed by atoms with E-state index in [0.29, 0.717) is 67.7 Å². The van der Waals surface area contributed by atoms with E-state index in [1.807, 2.05) is 41.0 Å². The van der Waals surface area contributed by atoms with Crippen LogP contribution < -0.4 is 34.5 Å². The highest BCUT2D eigenvalue weighted by Crippen LogP contribution is 2.54. The van der Waals surface area contributed by atoms with Gasteiger partial charge >= 0.3 is 18.6 Å². The molecule has 0 spiro atoms. The van der Waals surface area contributed by atoms with Gasteiger partial charge in [-0.05, 0) is 121 Å². The van der Waals surface area contributed by atoms with Gasteiger partial charge in [0.2, 0.25) is 11.8 Å². The maximum Gasteiger partial charge on any atom is 0.586 e. The van der Waals surface area contributed by atoms with Crippen molar-refractivity contribution in [3.8, 4) is 29.1 Å². The molecule has 4 aromatic carbocycles. The van der Waals surface area contributed by atoms with E-state index < -0.39 is 29.4 Å². The van der Waals surface area contributed by atoms with Gasteiger partial charge in [0, 0.05) is 58.2 Å². The van der Waals surface area contributed by atoms with E-state index >= 15 is 0 Å². The summed E-state index contributed by atoms with van der Waals surface area (Å²) in [7, 11) is 0. The topological polar surface area (TPSA) is 164 Å². The summed E-state index contributed by atoms with van der Waals surface area (Å²) in [6.45, 7) is 13.8. The Morgan fingerprint density at radius 1 is 0.714 bits per heavy atom. The molecule has 370 valence electrons. The molecule has 0 radical (unpaired) electrons. The molecule has 0 saturated heterocycles. The van der Waals surface area contributed by atoms with Gasteiger partial charge in [-0.2, -0.15) is 5.26 Å². The van der Waals surface area contributed by atoms with Gasteiger partial charge in [-0.1, -0.05) is 61.1 Å². The van der Waals surface area contributed by atoms with Crippen LogP contribution in [0.15, 0.2) is 78.9 Å². The summed E-state index contributed by atoms with van der Waals surface area (Å²) in [5, 5.41) is 25.2. The molecule has 1 atom stereocenters. The largest absolute Gasteiger partial charge is 0.586 e. The minimum Gasteiger partial charge on any atom is -0.481 e. The third-order valence-corrected chi connectivity index (χ3v) is 13.7. The number of aromatic nitrogens is 1. The number of nitrogens with zero attached hydrogens (tertiary/aromatic N) is 3. The minimum absolute atomic E-state index is 0. The molecule has 13 nitrogen and oxygen atoms in total. The van der Waals surface area contributed by atoms with Crippen LogP contribution in [-0.2, 0) is 43.6 Å². The molecule has 4 heterocycles. The summed E-state index contributed by atoms with van der Waals surface area (Å²) in [4.78, 5) is 40.0. The molecule has 70 heavy (non-hydrogen) atoms. The minimum atomic E-state index is -3.71. The molecule has 17 heteroatoms. The number of fused-ring (bicyclic) bond motifs is 4. The monoisotopic (exact) mass is 967 g/mol. The van der Waals surface area contributed by atoms with Crippen molar-refractivity contribution in [3.05, 3.63) is 101 Å². The first-order valence-electron chi connectivity index (χ1n) is 23.0. The van der Waals surface area contributed by atoms with E-state index in [-0.39, 0.29) is 65.5 Å². The number of carboxylic acids is 1. The number of alkyl halides is 4. The van der Waals surface area contributed by atoms with E-state index in [9.17, 15) is 31.9 Å². The standard InChI is InChI=1S/C26H27F2N3O3.C26H26F2N2O5.CH4/c1-24(2,3)22-14-16-13-18(6-7-19(16)31(22)12-4-11-29)30-23(32)25(9-10-25)17-5-8-20-21(15-17)34-26(27,28)33-20;1-24(2,3)21-13-15-12-17(5-6-18(15)30(21)11-8-22(31)32)29-23(33)25(9-10-25)16-4-7-19-20(14-16)35-26(27,28)34-19;/h5-8,13,15,22H,4,9-10,12,14H2,1-3H3,(H,30,32);4-7,12-14H,8-11H2,1-3H3,(H,29,33)(H,31,32);1H4. The number of hydrogen-bond donors (Lipinski definition) is 3. The number of rotatable bonds is 11. The van der Waals surface area contributed by atoms with Crippen molar-refractivity contribution in [2.24, 2.45) is 5.41 Å². The molecule has 2 amide bonds. The van der Waals surface area contributed by atoms with Crippen LogP contribution in [0, 0.1) is 16.7 Å². The number of hydrogen-bond acceptors (Lipinski definition) is 9. The van der Waals surface area contributed by atoms with Gasteiger partial charge in [-0.3, -0.25) is 14.4 Å². The molecule has 3 N–H and O–H groups in total. The summed E-state index contributed by atoms with van der Waals surface area (Å²) in [6, 6.07) is 25.0. The molecule has 2 fully saturated rings. The van der Waals surface area contributed by atoms with Crippen LogP contribution in [0.3, 0.4) is 0 Å². The quantitative estimate of drug-likeness (QED) is 0.109. The maximum atomic E-state index is 13.4. The molecular formula is C53H57F4N5O8. The van der Waals surface area contributed by atoms with E-state index in [1.54, 1.807) is 18.2 Å². The highest BCUT2D eigenvalue weighted by atomic mass is 19.3. The van der Waals surface area contributed by atoms with Crippen molar-refractivity contribution in [1.29, 1.82) is 5.26 Å². The highest BCUT2D eigenvalue weighted by molar-refractivity contribution is 6.03. The van der Waals surface area contributed by atoms with Crippen molar-refractivity contribution in [2.45, 2.75) is 135 Å². The number of anilines is 3. The van der Waals surface area contributed by atoms with Crippen molar-refractivity contribution in [3.63, 3.8) is 0 Å². The first kappa shape index (κ1) is 49.5. The van der Waals surface area contributed by atoms with Crippen LogP contribution in [0.2, 0.25) is 0 Å². The number of benzene rings is 4. The lowest BCUT2D eigenvalue weighted by Gasteiger charge is -2.36. The molecule has 2 aliphatic carbocycles. The van der Waals surface area contributed by atoms with Crippen LogP contribution in [-0.4, -0.2) is 52.6 Å². The van der Waals surface area contributed by atoms with Gasteiger partial charge in [-0.25, -0.2) is 0 Å². The molecule has 5 aromatic rings. The van der Waals surface area contributed by atoms with Gasteiger partial charge in [0.25, 0.3) is 0 Å². The lowest BCUT2D eigenvalue weighted by molar-refractivity contribution is -0.287. The second-order valence-electron chi connectivity index (χ2n) is 20.6. The van der Waals surface area contributed by atoms with Gasteiger partial charge in [0.05, 0.1) is 29.7 Å². The molecule has 1 aromatic heterocycles. The van der Waals surface area contributed by atoms with Crippen LogP contribution in [0.1, 0.15) is 110 Å². The summed E-state index contributed by atoms with van der Waals surface area (Å²) < 4.78 is 73.6. The summed E-state index contributed by atoms with van der Waals surface area (Å²) >= 11 is 0. The zero-order valence-electron chi connectivity index (χ0n) is 39.1. The summed E-state index contributed by atoms with van der Waals surface area (Å²) in [5.41, 5.74) is 4.97. The fraction of sp³-hybridized carbons (Fsp3) is 0.434. The zero-order valence-corrected chi connectivity index (χ0v) is 39.1. The Bertz CT molecular complexity index is 2940. The highest BCUT2D eigenvalue weighted by Gasteiger charge is 2.54. The molecular weight excluding hydrogens is 911 g/mol.